The van der Waals surface area contributed by atoms with Gasteiger partial charge in [-0.25, -0.2) is 9.59 Å². The summed E-state index contributed by atoms with van der Waals surface area (Å²) in [5.41, 5.74) is -0.213. The molecule has 8 heteroatoms. The van der Waals surface area contributed by atoms with E-state index < -0.39 is 16.9 Å². The zero-order valence-electron chi connectivity index (χ0n) is 11.7. The fourth-order valence-corrected chi connectivity index (χ4v) is 2.47. The summed E-state index contributed by atoms with van der Waals surface area (Å²) in [5, 5.41) is 29.4. The summed E-state index contributed by atoms with van der Waals surface area (Å²) in [6, 6.07) is 6.47. The lowest BCUT2D eigenvalue weighted by molar-refractivity contribution is -0.384. The Hall–Kier alpha value is -2.93. The molecule has 23 heavy (non-hydrogen) atoms. The Kier molecular flexibility index (Phi) is 4.33. The highest BCUT2D eigenvalue weighted by molar-refractivity contribution is 6.32. The number of carbonyl (C=O) groups is 2. The van der Waals surface area contributed by atoms with Gasteiger partial charge in [-0.2, -0.15) is 0 Å². The third-order valence-corrected chi connectivity index (χ3v) is 3.68. The lowest BCUT2D eigenvalue weighted by atomic mass is 9.92. The Bertz CT molecular complexity index is 846. The van der Waals surface area contributed by atoms with Gasteiger partial charge in [0.25, 0.3) is 5.69 Å². The summed E-state index contributed by atoms with van der Waals surface area (Å²) in [6.07, 6.45) is 0. The molecular weight excluding hydrogens is 326 g/mol. The SMILES string of the molecule is Cc1c(C(=O)O)ccc(-c2ccc(Cl)c([N+](=O)[O-])c2)c1C(=O)O. The average Bonchev–Trinajstić information content (AvgIpc) is 2.46. The van der Waals surface area contributed by atoms with E-state index in [1.165, 1.54) is 31.2 Å². The molecule has 0 bridgehead atoms. The molecule has 2 N–H and O–H groups in total. The smallest absolute Gasteiger partial charge is 0.336 e. The summed E-state index contributed by atoms with van der Waals surface area (Å²) in [5.74, 6) is -2.57. The molecule has 118 valence electrons. The van der Waals surface area contributed by atoms with E-state index in [2.05, 4.69) is 0 Å². The van der Waals surface area contributed by atoms with Gasteiger partial charge in [-0.1, -0.05) is 23.7 Å². The van der Waals surface area contributed by atoms with Crippen LogP contribution in [0.1, 0.15) is 26.3 Å². The lowest BCUT2D eigenvalue weighted by Gasteiger charge is -2.12. The Morgan fingerprint density at radius 3 is 2.30 bits per heavy atom. The molecule has 0 saturated carbocycles. The molecule has 0 saturated heterocycles. The zero-order chi connectivity index (χ0) is 17.3. The molecule has 7 nitrogen and oxygen atoms in total. The number of nitro benzene ring substituents is 1. The number of hydrogen-bond acceptors (Lipinski definition) is 4. The number of nitro groups is 1. The van der Waals surface area contributed by atoms with Gasteiger partial charge in [-0.05, 0) is 35.7 Å². The van der Waals surface area contributed by atoms with E-state index >= 15 is 0 Å². The molecule has 2 aromatic carbocycles. The normalized spacial score (nSPS) is 10.3. The van der Waals surface area contributed by atoms with Crippen molar-refractivity contribution in [2.24, 2.45) is 0 Å². The molecule has 0 heterocycles. The largest absolute Gasteiger partial charge is 0.478 e. The Labute approximate surface area is 134 Å². The van der Waals surface area contributed by atoms with Crippen molar-refractivity contribution in [3.63, 3.8) is 0 Å². The van der Waals surface area contributed by atoms with Crippen LogP contribution >= 0.6 is 11.6 Å². The summed E-state index contributed by atoms with van der Waals surface area (Å²) in [4.78, 5) is 32.9. The maximum Gasteiger partial charge on any atom is 0.336 e. The summed E-state index contributed by atoms with van der Waals surface area (Å²) < 4.78 is 0. The molecular formula is C15H10ClNO6. The third kappa shape index (κ3) is 3.00. The van der Waals surface area contributed by atoms with E-state index in [9.17, 15) is 24.8 Å². The Morgan fingerprint density at radius 1 is 1.13 bits per heavy atom. The molecule has 0 atom stereocenters. The highest BCUT2D eigenvalue weighted by Gasteiger charge is 2.22. The second kappa shape index (κ2) is 6.05. The van der Waals surface area contributed by atoms with Crippen molar-refractivity contribution in [1.82, 2.24) is 0 Å². The summed E-state index contributed by atoms with van der Waals surface area (Å²) in [7, 11) is 0. The maximum absolute atomic E-state index is 11.5. The van der Waals surface area contributed by atoms with Crippen molar-refractivity contribution < 1.29 is 24.7 Å². The topological polar surface area (TPSA) is 118 Å². The first kappa shape index (κ1) is 16.4. The number of nitrogens with zero attached hydrogens (tertiary/aromatic N) is 1. The minimum atomic E-state index is -1.32. The first-order valence-electron chi connectivity index (χ1n) is 6.28. The quantitative estimate of drug-likeness (QED) is 0.650. The first-order valence-corrected chi connectivity index (χ1v) is 6.66. The fourth-order valence-electron chi connectivity index (χ4n) is 2.28. The summed E-state index contributed by atoms with van der Waals surface area (Å²) >= 11 is 5.74. The summed E-state index contributed by atoms with van der Waals surface area (Å²) in [6.45, 7) is 1.38. The second-order valence-electron chi connectivity index (χ2n) is 4.69. The number of rotatable bonds is 4. The van der Waals surface area contributed by atoms with Crippen LogP contribution in [0.25, 0.3) is 11.1 Å². The van der Waals surface area contributed by atoms with Crippen LogP contribution in [-0.2, 0) is 0 Å². The Morgan fingerprint density at radius 2 is 1.78 bits per heavy atom. The van der Waals surface area contributed by atoms with Gasteiger partial charge in [0.1, 0.15) is 5.02 Å². The second-order valence-corrected chi connectivity index (χ2v) is 5.10. The predicted molar refractivity (Wildman–Crippen MR) is 82.2 cm³/mol. The van der Waals surface area contributed by atoms with E-state index in [-0.39, 0.29) is 38.5 Å². The van der Waals surface area contributed by atoms with Crippen LogP contribution in [0.3, 0.4) is 0 Å². The van der Waals surface area contributed by atoms with Gasteiger partial charge < -0.3 is 10.2 Å². The highest BCUT2D eigenvalue weighted by atomic mass is 35.5. The van der Waals surface area contributed by atoms with Crippen molar-refractivity contribution >= 4 is 29.2 Å². The fraction of sp³-hybridized carbons (Fsp3) is 0.0667. The van der Waals surface area contributed by atoms with Crippen LogP contribution in [0.15, 0.2) is 30.3 Å². The lowest BCUT2D eigenvalue weighted by Crippen LogP contribution is -2.09. The highest BCUT2D eigenvalue weighted by Crippen LogP contribution is 2.33. The van der Waals surface area contributed by atoms with Gasteiger partial charge in [0, 0.05) is 6.07 Å². The van der Waals surface area contributed by atoms with Crippen LogP contribution in [0.2, 0.25) is 5.02 Å². The molecule has 0 radical (unpaired) electrons. The third-order valence-electron chi connectivity index (χ3n) is 3.36. The molecule has 0 aromatic heterocycles. The van der Waals surface area contributed by atoms with E-state index in [0.29, 0.717) is 0 Å². The van der Waals surface area contributed by atoms with Crippen molar-refractivity contribution in [3.8, 4) is 11.1 Å². The van der Waals surface area contributed by atoms with Crippen LogP contribution in [0, 0.1) is 17.0 Å². The maximum atomic E-state index is 11.5. The van der Waals surface area contributed by atoms with Crippen LogP contribution in [0.4, 0.5) is 5.69 Å². The van der Waals surface area contributed by atoms with Crippen molar-refractivity contribution in [2.45, 2.75) is 6.92 Å². The van der Waals surface area contributed by atoms with Crippen molar-refractivity contribution in [3.05, 3.63) is 62.2 Å². The van der Waals surface area contributed by atoms with Crippen LogP contribution < -0.4 is 0 Å². The molecule has 2 aromatic rings. The van der Waals surface area contributed by atoms with Crippen molar-refractivity contribution in [2.75, 3.05) is 0 Å². The molecule has 0 aliphatic heterocycles. The monoisotopic (exact) mass is 335 g/mol. The molecule has 0 fully saturated rings. The van der Waals surface area contributed by atoms with E-state index in [4.69, 9.17) is 16.7 Å². The number of aromatic carboxylic acids is 2. The molecule has 2 rings (SSSR count). The molecule has 0 aliphatic rings. The minimum absolute atomic E-state index is 0.0695. The number of halogens is 1. The molecule has 0 amide bonds. The molecule has 0 aliphatic carbocycles. The average molecular weight is 336 g/mol. The van der Waals surface area contributed by atoms with Gasteiger partial charge >= 0.3 is 11.9 Å². The van der Waals surface area contributed by atoms with Gasteiger partial charge in [0.2, 0.25) is 0 Å². The van der Waals surface area contributed by atoms with Gasteiger partial charge in [0.05, 0.1) is 16.1 Å². The number of hydrogen-bond donors (Lipinski definition) is 2. The van der Waals surface area contributed by atoms with E-state index in [0.717, 1.165) is 6.07 Å². The van der Waals surface area contributed by atoms with Gasteiger partial charge in [-0.15, -0.1) is 0 Å². The van der Waals surface area contributed by atoms with E-state index in [1.54, 1.807) is 0 Å². The molecule has 0 spiro atoms. The minimum Gasteiger partial charge on any atom is -0.478 e. The Balaban J connectivity index is 2.76. The predicted octanol–water partition coefficient (Wildman–Crippen LogP) is 3.62. The first-order chi connectivity index (χ1) is 10.7. The number of carboxylic acids is 2. The van der Waals surface area contributed by atoms with Gasteiger partial charge in [-0.3, -0.25) is 10.1 Å². The standard InChI is InChI=1S/C15H10ClNO6/c1-7-9(14(18)19)3-4-10(13(7)15(20)21)8-2-5-11(16)12(6-8)17(22)23/h2-6H,1H3,(H,18,19)(H,20,21). The van der Waals surface area contributed by atoms with Crippen LogP contribution in [0.5, 0.6) is 0 Å². The number of carboxylic acid groups (broad SMARTS) is 2. The van der Waals surface area contributed by atoms with E-state index in [1.807, 2.05) is 0 Å². The van der Waals surface area contributed by atoms with Crippen molar-refractivity contribution in [1.29, 1.82) is 0 Å². The van der Waals surface area contributed by atoms with Crippen LogP contribution in [-0.4, -0.2) is 27.1 Å². The van der Waals surface area contributed by atoms with Gasteiger partial charge in [0.15, 0.2) is 0 Å². The zero-order valence-corrected chi connectivity index (χ0v) is 12.5. The molecule has 0 unspecified atom stereocenters. The number of benzene rings is 2.